The van der Waals surface area contributed by atoms with Gasteiger partial charge >= 0.3 is 0 Å². The van der Waals surface area contributed by atoms with Crippen LogP contribution in [0.1, 0.15) is 80.6 Å². The van der Waals surface area contributed by atoms with Crippen molar-refractivity contribution in [3.63, 3.8) is 0 Å². The zero-order valence-corrected chi connectivity index (χ0v) is 15.7. The maximum absolute atomic E-state index is 12.4. The molecule has 1 unspecified atom stereocenters. The summed E-state index contributed by atoms with van der Waals surface area (Å²) in [6.07, 6.45) is 2.49. The molecule has 0 fully saturated rings. The monoisotopic (exact) mass is 324 g/mol. The van der Waals surface area contributed by atoms with Gasteiger partial charge in [0.15, 0.2) is 0 Å². The first-order valence-corrected chi connectivity index (χ1v) is 8.48. The van der Waals surface area contributed by atoms with Crippen molar-refractivity contribution in [2.75, 3.05) is 0 Å². The molecule has 0 aromatic heterocycles. The molecular formula is C19H32O4. The Morgan fingerprint density at radius 1 is 0.826 bits per heavy atom. The molecule has 0 N–H and O–H groups in total. The first-order chi connectivity index (χ1) is 10.4. The Balaban J connectivity index is 4.75. The van der Waals surface area contributed by atoms with Gasteiger partial charge in [-0.05, 0) is 47.0 Å². The van der Waals surface area contributed by atoms with Gasteiger partial charge in [0.05, 0.1) is 10.8 Å². The van der Waals surface area contributed by atoms with E-state index in [-0.39, 0.29) is 41.9 Å². The number of hydrogen-bond donors (Lipinski definition) is 0. The molecule has 0 amide bonds. The summed E-state index contributed by atoms with van der Waals surface area (Å²) in [6, 6.07) is 0. The first kappa shape index (κ1) is 21.7. The second kappa shape index (κ2) is 8.51. The van der Waals surface area contributed by atoms with E-state index in [0.717, 1.165) is 12.8 Å². The Labute approximate surface area is 140 Å². The number of Topliss-reactive ketones (excluding diaryl/α,β-unsaturated/α-hetero) is 4. The minimum Gasteiger partial charge on any atom is -0.299 e. The van der Waals surface area contributed by atoms with E-state index in [0.29, 0.717) is 6.42 Å². The van der Waals surface area contributed by atoms with Crippen molar-refractivity contribution in [1.82, 2.24) is 0 Å². The minimum atomic E-state index is -1.01. The number of hydrogen-bond acceptors (Lipinski definition) is 4. The molecule has 23 heavy (non-hydrogen) atoms. The van der Waals surface area contributed by atoms with E-state index in [4.69, 9.17) is 0 Å². The zero-order valence-electron chi connectivity index (χ0n) is 15.7. The highest BCUT2D eigenvalue weighted by molar-refractivity contribution is 6.07. The highest BCUT2D eigenvalue weighted by Gasteiger charge is 2.37. The third-order valence-electron chi connectivity index (χ3n) is 4.80. The van der Waals surface area contributed by atoms with Gasteiger partial charge < -0.3 is 0 Å². The predicted molar refractivity (Wildman–Crippen MR) is 91.2 cm³/mol. The molecule has 0 aliphatic carbocycles. The van der Waals surface area contributed by atoms with Crippen molar-refractivity contribution in [2.45, 2.75) is 80.6 Å². The summed E-state index contributed by atoms with van der Waals surface area (Å²) < 4.78 is 0. The average molecular weight is 324 g/mol. The van der Waals surface area contributed by atoms with Crippen molar-refractivity contribution < 1.29 is 19.2 Å². The maximum atomic E-state index is 12.4. The van der Waals surface area contributed by atoms with Gasteiger partial charge in [-0.1, -0.05) is 20.3 Å². The summed E-state index contributed by atoms with van der Waals surface area (Å²) in [4.78, 5) is 48.4. The van der Waals surface area contributed by atoms with Gasteiger partial charge in [-0.3, -0.25) is 19.2 Å². The van der Waals surface area contributed by atoms with Gasteiger partial charge in [0.1, 0.15) is 23.1 Å². The minimum absolute atomic E-state index is 0.0352. The quantitative estimate of drug-likeness (QED) is 0.540. The molecule has 0 saturated heterocycles. The summed E-state index contributed by atoms with van der Waals surface area (Å²) in [7, 11) is 0. The second-order valence-corrected chi connectivity index (χ2v) is 7.69. The van der Waals surface area contributed by atoms with E-state index in [9.17, 15) is 19.2 Å². The zero-order chi connectivity index (χ0) is 18.4. The number of carbonyl (C=O) groups is 4. The van der Waals surface area contributed by atoms with Gasteiger partial charge in [0.2, 0.25) is 0 Å². The molecular weight excluding hydrogens is 292 g/mol. The SMILES string of the molecule is CCCCC(=O)C(C)(C)C(=O)CC(C)CC(=O)C(C)(C)C(C)=O. The molecule has 4 nitrogen and oxygen atoms in total. The summed E-state index contributed by atoms with van der Waals surface area (Å²) >= 11 is 0. The molecule has 1 atom stereocenters. The lowest BCUT2D eigenvalue weighted by Gasteiger charge is -2.25. The van der Waals surface area contributed by atoms with Crippen LogP contribution >= 0.6 is 0 Å². The van der Waals surface area contributed by atoms with Crippen molar-refractivity contribution in [3.05, 3.63) is 0 Å². The summed E-state index contributed by atoms with van der Waals surface area (Å²) in [5.41, 5.74) is -2.01. The van der Waals surface area contributed by atoms with Crippen LogP contribution in [0.4, 0.5) is 0 Å². The van der Waals surface area contributed by atoms with Crippen LogP contribution in [0, 0.1) is 16.7 Å². The molecule has 0 saturated carbocycles. The number of ketones is 4. The number of rotatable bonds is 11. The summed E-state index contributed by atoms with van der Waals surface area (Å²) in [5, 5.41) is 0. The number of carbonyl (C=O) groups excluding carboxylic acids is 4. The molecule has 0 aliphatic rings. The van der Waals surface area contributed by atoms with Crippen molar-refractivity contribution in [2.24, 2.45) is 16.7 Å². The molecule has 0 aromatic carbocycles. The fourth-order valence-corrected chi connectivity index (χ4v) is 2.22. The molecule has 4 heteroatoms. The van der Waals surface area contributed by atoms with Gasteiger partial charge in [0, 0.05) is 19.3 Å². The van der Waals surface area contributed by atoms with Crippen LogP contribution < -0.4 is 0 Å². The second-order valence-electron chi connectivity index (χ2n) is 7.69. The molecule has 0 radical (unpaired) electrons. The van der Waals surface area contributed by atoms with Crippen LogP contribution in [0.2, 0.25) is 0 Å². The van der Waals surface area contributed by atoms with E-state index in [1.807, 2.05) is 13.8 Å². The van der Waals surface area contributed by atoms with Crippen LogP contribution in [0.5, 0.6) is 0 Å². The van der Waals surface area contributed by atoms with E-state index < -0.39 is 10.8 Å². The van der Waals surface area contributed by atoms with E-state index >= 15 is 0 Å². The van der Waals surface area contributed by atoms with E-state index in [2.05, 4.69) is 0 Å². The standard InChI is InChI=1S/C19H32O4/c1-8-9-10-15(21)19(6,7)17(23)12-13(2)11-16(22)18(4,5)14(3)20/h13H,8-12H2,1-7H3. The van der Waals surface area contributed by atoms with E-state index in [1.165, 1.54) is 6.92 Å². The Kier molecular flexibility index (Phi) is 8.02. The summed E-state index contributed by atoms with van der Waals surface area (Å²) in [6.45, 7) is 11.8. The van der Waals surface area contributed by atoms with Gasteiger partial charge in [-0.2, -0.15) is 0 Å². The molecule has 0 heterocycles. The van der Waals surface area contributed by atoms with Crippen LogP contribution in [0.15, 0.2) is 0 Å². The molecule has 132 valence electrons. The molecule has 0 spiro atoms. The third-order valence-corrected chi connectivity index (χ3v) is 4.80. The fourth-order valence-electron chi connectivity index (χ4n) is 2.22. The number of unbranched alkanes of at least 4 members (excludes halogenated alkanes) is 1. The van der Waals surface area contributed by atoms with Crippen LogP contribution in [0.3, 0.4) is 0 Å². The fraction of sp³-hybridized carbons (Fsp3) is 0.789. The van der Waals surface area contributed by atoms with Crippen molar-refractivity contribution >= 4 is 23.1 Å². The van der Waals surface area contributed by atoms with Crippen LogP contribution in [-0.2, 0) is 19.2 Å². The van der Waals surface area contributed by atoms with Gasteiger partial charge in [-0.15, -0.1) is 0 Å². The first-order valence-electron chi connectivity index (χ1n) is 8.48. The lowest BCUT2D eigenvalue weighted by molar-refractivity contribution is -0.139. The third kappa shape index (κ3) is 6.00. The Hall–Kier alpha value is -1.32. The normalized spacial score (nSPS) is 13.5. The van der Waals surface area contributed by atoms with Crippen LogP contribution in [0.25, 0.3) is 0 Å². The molecule has 0 aliphatic heterocycles. The van der Waals surface area contributed by atoms with Crippen molar-refractivity contribution in [3.8, 4) is 0 Å². The van der Waals surface area contributed by atoms with Crippen LogP contribution in [-0.4, -0.2) is 23.1 Å². The van der Waals surface area contributed by atoms with Crippen molar-refractivity contribution in [1.29, 1.82) is 0 Å². The average Bonchev–Trinajstić information content (AvgIpc) is 2.43. The largest absolute Gasteiger partial charge is 0.299 e. The lowest BCUT2D eigenvalue weighted by atomic mass is 9.75. The van der Waals surface area contributed by atoms with Gasteiger partial charge in [0.25, 0.3) is 0 Å². The van der Waals surface area contributed by atoms with Gasteiger partial charge in [-0.25, -0.2) is 0 Å². The topological polar surface area (TPSA) is 68.3 Å². The molecule has 0 bridgehead atoms. The smallest absolute Gasteiger partial charge is 0.146 e. The highest BCUT2D eigenvalue weighted by atomic mass is 16.2. The Morgan fingerprint density at radius 2 is 1.26 bits per heavy atom. The van der Waals surface area contributed by atoms with E-state index in [1.54, 1.807) is 27.7 Å². The molecule has 0 aromatic rings. The highest BCUT2D eigenvalue weighted by Crippen LogP contribution is 2.28. The lowest BCUT2D eigenvalue weighted by Crippen LogP contribution is -2.36. The maximum Gasteiger partial charge on any atom is 0.146 e. The molecule has 0 rings (SSSR count). The Morgan fingerprint density at radius 3 is 1.65 bits per heavy atom. The summed E-state index contributed by atoms with van der Waals surface area (Å²) in [5.74, 6) is -0.658. The Bertz CT molecular complexity index is 472. The predicted octanol–water partition coefficient (Wildman–Crippen LogP) is 3.94.